The van der Waals surface area contributed by atoms with E-state index in [-0.39, 0.29) is 6.61 Å². The van der Waals surface area contributed by atoms with Crippen LogP contribution >= 0.6 is 0 Å². The number of hydrogen-bond donors (Lipinski definition) is 2. The van der Waals surface area contributed by atoms with Gasteiger partial charge in [-0.15, -0.1) is 0 Å². The van der Waals surface area contributed by atoms with Crippen molar-refractivity contribution in [2.24, 2.45) is 5.41 Å². The van der Waals surface area contributed by atoms with E-state index in [0.717, 1.165) is 34.8 Å². The Morgan fingerprint density at radius 2 is 1.78 bits per heavy atom. The number of aromatic amines is 1. The highest BCUT2D eigenvalue weighted by molar-refractivity contribution is 5.73. The summed E-state index contributed by atoms with van der Waals surface area (Å²) in [6, 6.07) is 11.4. The first-order valence-electron chi connectivity index (χ1n) is 8.86. The van der Waals surface area contributed by atoms with E-state index in [0.29, 0.717) is 5.75 Å². The molecule has 140 valence electrons. The number of rotatable bonds is 7. The Kier molecular flexibility index (Phi) is 5.26. The van der Waals surface area contributed by atoms with Crippen molar-refractivity contribution in [3.05, 3.63) is 54.5 Å². The Labute approximate surface area is 158 Å². The summed E-state index contributed by atoms with van der Waals surface area (Å²) < 4.78 is 5.60. The van der Waals surface area contributed by atoms with Crippen molar-refractivity contribution in [2.45, 2.75) is 27.2 Å². The van der Waals surface area contributed by atoms with E-state index in [4.69, 9.17) is 9.84 Å². The van der Waals surface area contributed by atoms with E-state index in [1.54, 1.807) is 20.0 Å². The van der Waals surface area contributed by atoms with Crippen molar-refractivity contribution in [2.75, 3.05) is 6.61 Å². The minimum Gasteiger partial charge on any atom is -0.492 e. The Bertz CT molecular complexity index is 913. The normalized spacial score (nSPS) is 11.4. The summed E-state index contributed by atoms with van der Waals surface area (Å²) in [5, 5.41) is 9.14. The number of nitrogens with zero attached hydrogens (tertiary/aromatic N) is 2. The van der Waals surface area contributed by atoms with Gasteiger partial charge in [-0.25, -0.2) is 4.98 Å². The van der Waals surface area contributed by atoms with Gasteiger partial charge in [0, 0.05) is 29.2 Å². The molecule has 0 saturated heterocycles. The van der Waals surface area contributed by atoms with E-state index in [2.05, 4.69) is 21.9 Å². The number of aromatic nitrogens is 3. The summed E-state index contributed by atoms with van der Waals surface area (Å²) >= 11 is 0. The molecule has 0 aliphatic carbocycles. The first-order chi connectivity index (χ1) is 12.9. The molecule has 0 saturated carbocycles. The van der Waals surface area contributed by atoms with Crippen LogP contribution in [-0.2, 0) is 11.2 Å². The molecule has 1 aromatic carbocycles. The molecule has 0 amide bonds. The number of pyridine rings is 1. The second-order valence-corrected chi connectivity index (χ2v) is 7.04. The van der Waals surface area contributed by atoms with Crippen LogP contribution in [0.25, 0.3) is 22.6 Å². The summed E-state index contributed by atoms with van der Waals surface area (Å²) in [5.41, 5.74) is 2.91. The molecule has 2 N–H and O–H groups in total. The molecule has 0 unspecified atom stereocenters. The van der Waals surface area contributed by atoms with Crippen LogP contribution in [0.3, 0.4) is 0 Å². The van der Waals surface area contributed by atoms with Gasteiger partial charge in [-0.1, -0.05) is 6.92 Å². The highest BCUT2D eigenvalue weighted by Crippen LogP contribution is 2.24. The predicted molar refractivity (Wildman–Crippen MR) is 104 cm³/mol. The van der Waals surface area contributed by atoms with Crippen LogP contribution in [0.4, 0.5) is 0 Å². The van der Waals surface area contributed by atoms with Crippen molar-refractivity contribution in [1.82, 2.24) is 15.0 Å². The summed E-state index contributed by atoms with van der Waals surface area (Å²) in [6.45, 7) is 5.46. The number of aryl methyl sites for hydroxylation is 1. The summed E-state index contributed by atoms with van der Waals surface area (Å²) in [4.78, 5) is 23.3. The predicted octanol–water partition coefficient (Wildman–Crippen LogP) is 4.19. The lowest BCUT2D eigenvalue weighted by Crippen LogP contribution is -2.30. The van der Waals surface area contributed by atoms with Gasteiger partial charge in [0.1, 0.15) is 18.2 Å². The van der Waals surface area contributed by atoms with Gasteiger partial charge in [0.2, 0.25) is 0 Å². The van der Waals surface area contributed by atoms with E-state index in [9.17, 15) is 4.79 Å². The van der Waals surface area contributed by atoms with E-state index < -0.39 is 11.4 Å². The van der Waals surface area contributed by atoms with E-state index >= 15 is 0 Å². The number of hydrogen-bond acceptors (Lipinski definition) is 4. The molecule has 0 radical (unpaired) electrons. The van der Waals surface area contributed by atoms with E-state index in [1.807, 2.05) is 42.6 Å². The topological polar surface area (TPSA) is 88.1 Å². The van der Waals surface area contributed by atoms with Gasteiger partial charge in [-0.3, -0.25) is 9.78 Å². The standard InChI is InChI=1S/C21H23N3O3/c1-4-16-12-23-19(24-16)15-7-10-18(22-11-15)14-5-8-17(9-6-14)27-13-21(2,3)20(25)26/h5-12H,4,13H2,1-3H3,(H,23,24)(H,25,26). The van der Waals surface area contributed by atoms with E-state index in [1.165, 1.54) is 0 Å². The van der Waals surface area contributed by atoms with Crippen LogP contribution < -0.4 is 4.74 Å². The maximum absolute atomic E-state index is 11.1. The van der Waals surface area contributed by atoms with Crippen LogP contribution in [0.15, 0.2) is 48.8 Å². The van der Waals surface area contributed by atoms with Crippen molar-refractivity contribution < 1.29 is 14.6 Å². The fourth-order valence-corrected chi connectivity index (χ4v) is 2.44. The number of nitrogens with one attached hydrogen (secondary N) is 1. The Morgan fingerprint density at radius 3 is 2.33 bits per heavy atom. The number of H-pyrrole nitrogens is 1. The molecule has 6 heteroatoms. The van der Waals surface area contributed by atoms with Gasteiger partial charge in [-0.2, -0.15) is 0 Å². The van der Waals surface area contributed by atoms with Crippen molar-refractivity contribution >= 4 is 5.97 Å². The summed E-state index contributed by atoms with van der Waals surface area (Å²) in [5.74, 6) is 0.564. The molecule has 0 aliphatic heterocycles. The number of carboxylic acid groups (broad SMARTS) is 1. The molecule has 3 rings (SSSR count). The monoisotopic (exact) mass is 365 g/mol. The maximum Gasteiger partial charge on any atom is 0.312 e. The van der Waals surface area contributed by atoms with Crippen molar-refractivity contribution in [1.29, 1.82) is 0 Å². The average Bonchev–Trinajstić information content (AvgIpc) is 3.16. The lowest BCUT2D eigenvalue weighted by molar-refractivity contribution is -0.148. The first kappa shape index (κ1) is 18.6. The number of carbonyl (C=O) groups is 1. The molecule has 0 fully saturated rings. The van der Waals surface area contributed by atoms with Gasteiger partial charge >= 0.3 is 5.97 Å². The molecule has 2 heterocycles. The fourth-order valence-electron chi connectivity index (χ4n) is 2.44. The van der Waals surface area contributed by atoms with Crippen LogP contribution in [0.1, 0.15) is 26.5 Å². The lowest BCUT2D eigenvalue weighted by atomic mass is 9.95. The zero-order valence-corrected chi connectivity index (χ0v) is 15.7. The number of ether oxygens (including phenoxy) is 1. The van der Waals surface area contributed by atoms with Crippen LogP contribution in [0, 0.1) is 5.41 Å². The largest absolute Gasteiger partial charge is 0.492 e. The Balaban J connectivity index is 1.69. The molecule has 27 heavy (non-hydrogen) atoms. The molecule has 6 nitrogen and oxygen atoms in total. The average molecular weight is 365 g/mol. The molecule has 2 aromatic heterocycles. The number of benzene rings is 1. The molecule has 0 aliphatic rings. The maximum atomic E-state index is 11.1. The third-order valence-electron chi connectivity index (χ3n) is 4.37. The molecule has 0 spiro atoms. The van der Waals surface area contributed by atoms with Gasteiger partial charge in [0.15, 0.2) is 0 Å². The zero-order chi connectivity index (χ0) is 19.4. The van der Waals surface area contributed by atoms with Crippen LogP contribution in [0.2, 0.25) is 0 Å². The highest BCUT2D eigenvalue weighted by atomic mass is 16.5. The van der Waals surface area contributed by atoms with Gasteiger partial charge in [-0.05, 0) is 56.7 Å². The Morgan fingerprint density at radius 1 is 1.07 bits per heavy atom. The molecule has 0 atom stereocenters. The minimum atomic E-state index is -0.931. The number of aliphatic carboxylic acids is 1. The Hall–Kier alpha value is -3.15. The highest BCUT2D eigenvalue weighted by Gasteiger charge is 2.28. The van der Waals surface area contributed by atoms with Crippen LogP contribution in [0.5, 0.6) is 5.75 Å². The van der Waals surface area contributed by atoms with Crippen LogP contribution in [-0.4, -0.2) is 32.6 Å². The molecular formula is C21H23N3O3. The number of imidazole rings is 1. The van der Waals surface area contributed by atoms with Gasteiger partial charge in [0.25, 0.3) is 0 Å². The molecule has 3 aromatic rings. The van der Waals surface area contributed by atoms with Crippen molar-refractivity contribution in [3.8, 4) is 28.4 Å². The summed E-state index contributed by atoms with van der Waals surface area (Å²) in [6.07, 6.45) is 4.55. The van der Waals surface area contributed by atoms with Crippen molar-refractivity contribution in [3.63, 3.8) is 0 Å². The van der Waals surface area contributed by atoms with Gasteiger partial charge in [0.05, 0.1) is 11.1 Å². The second-order valence-electron chi connectivity index (χ2n) is 7.04. The SMILES string of the molecule is CCc1cnc(-c2ccc(-c3ccc(OCC(C)(C)C(=O)O)cc3)nc2)[nH]1. The minimum absolute atomic E-state index is 0.109. The summed E-state index contributed by atoms with van der Waals surface area (Å²) in [7, 11) is 0. The third-order valence-corrected chi connectivity index (χ3v) is 4.37. The van der Waals surface area contributed by atoms with Gasteiger partial charge < -0.3 is 14.8 Å². The number of carboxylic acids is 1. The lowest BCUT2D eigenvalue weighted by Gasteiger charge is -2.19. The zero-order valence-electron chi connectivity index (χ0n) is 15.7. The third kappa shape index (κ3) is 4.34. The molecule has 0 bridgehead atoms. The quantitative estimate of drug-likeness (QED) is 0.655. The molecular weight excluding hydrogens is 342 g/mol. The first-order valence-corrected chi connectivity index (χ1v) is 8.86. The fraction of sp³-hybridized carbons (Fsp3) is 0.286. The smallest absolute Gasteiger partial charge is 0.312 e. The second kappa shape index (κ2) is 7.61.